The molecule has 0 fully saturated rings. The third kappa shape index (κ3) is 7.90. The van der Waals surface area contributed by atoms with E-state index in [1.807, 2.05) is 13.2 Å². The number of amides is 2. The van der Waals surface area contributed by atoms with Crippen molar-refractivity contribution in [1.29, 1.82) is 0 Å². The number of hydrogen-bond acceptors (Lipinski definition) is 3. The van der Waals surface area contributed by atoms with E-state index >= 15 is 0 Å². The first-order valence-electron chi connectivity index (χ1n) is 5.74. The lowest BCUT2D eigenvalue weighted by Crippen LogP contribution is -2.42. The van der Waals surface area contributed by atoms with Crippen molar-refractivity contribution in [3.8, 4) is 0 Å². The van der Waals surface area contributed by atoms with Crippen LogP contribution in [0.15, 0.2) is 0 Å². The number of aliphatic carboxylic acids is 1. The number of carbonyl (C=O) groups is 2. The zero-order valence-electron chi connectivity index (χ0n) is 10.7. The number of urea groups is 1. The molecule has 0 aromatic rings. The Balaban J connectivity index is 3.95. The first kappa shape index (κ1) is 16.1. The topological polar surface area (TPSA) is 69.6 Å². The van der Waals surface area contributed by atoms with Gasteiger partial charge >= 0.3 is 12.0 Å². The second-order valence-corrected chi connectivity index (χ2v) is 4.88. The molecule has 0 saturated heterocycles. The molecule has 0 aromatic heterocycles. The summed E-state index contributed by atoms with van der Waals surface area (Å²) in [5.74, 6) is 0.542. The largest absolute Gasteiger partial charge is 0.481 e. The number of hydrogen-bond donors (Lipinski definition) is 2. The van der Waals surface area contributed by atoms with Crippen LogP contribution < -0.4 is 5.32 Å². The molecule has 2 N–H and O–H groups in total. The standard InChI is InChI=1S/C11H22N2O3S/c1-4-13(6-5-10(14)15)11(16)12-7-9(2)8-17-3/h9H,4-8H2,1-3H3,(H,12,16)(H,14,15). The summed E-state index contributed by atoms with van der Waals surface area (Å²) < 4.78 is 0. The summed E-state index contributed by atoms with van der Waals surface area (Å²) >= 11 is 1.75. The minimum Gasteiger partial charge on any atom is -0.481 e. The lowest BCUT2D eigenvalue weighted by molar-refractivity contribution is -0.137. The van der Waals surface area contributed by atoms with E-state index in [-0.39, 0.29) is 19.0 Å². The van der Waals surface area contributed by atoms with Crippen LogP contribution in [-0.2, 0) is 4.79 Å². The summed E-state index contributed by atoms with van der Waals surface area (Å²) in [5.41, 5.74) is 0. The van der Waals surface area contributed by atoms with Gasteiger partial charge < -0.3 is 15.3 Å². The van der Waals surface area contributed by atoms with E-state index in [1.54, 1.807) is 11.8 Å². The molecule has 100 valence electrons. The summed E-state index contributed by atoms with van der Waals surface area (Å²) in [7, 11) is 0. The molecular formula is C11H22N2O3S. The summed E-state index contributed by atoms with van der Waals surface area (Å²) in [6, 6.07) is -0.179. The van der Waals surface area contributed by atoms with Gasteiger partial charge in [-0.15, -0.1) is 0 Å². The van der Waals surface area contributed by atoms with Gasteiger partial charge in [-0.3, -0.25) is 4.79 Å². The Morgan fingerprint density at radius 2 is 2.12 bits per heavy atom. The summed E-state index contributed by atoms with van der Waals surface area (Å²) in [6.45, 7) is 5.32. The van der Waals surface area contributed by atoms with E-state index < -0.39 is 5.97 Å². The fourth-order valence-corrected chi connectivity index (χ4v) is 2.04. The molecule has 0 saturated carbocycles. The second kappa shape index (κ2) is 9.15. The monoisotopic (exact) mass is 262 g/mol. The third-order valence-electron chi connectivity index (χ3n) is 2.32. The number of nitrogens with zero attached hydrogens (tertiary/aromatic N) is 1. The number of carboxylic acids is 1. The highest BCUT2D eigenvalue weighted by Gasteiger charge is 2.13. The van der Waals surface area contributed by atoms with Crippen molar-refractivity contribution in [2.75, 3.05) is 31.6 Å². The van der Waals surface area contributed by atoms with Crippen LogP contribution in [0.2, 0.25) is 0 Å². The van der Waals surface area contributed by atoms with E-state index in [2.05, 4.69) is 12.2 Å². The smallest absolute Gasteiger partial charge is 0.317 e. The van der Waals surface area contributed by atoms with Crippen molar-refractivity contribution in [3.05, 3.63) is 0 Å². The van der Waals surface area contributed by atoms with E-state index in [4.69, 9.17) is 5.11 Å². The fourth-order valence-electron chi connectivity index (χ4n) is 1.35. The van der Waals surface area contributed by atoms with E-state index in [1.165, 1.54) is 4.90 Å². The number of rotatable bonds is 8. The van der Waals surface area contributed by atoms with Crippen LogP contribution in [0.5, 0.6) is 0 Å². The predicted octanol–water partition coefficient (Wildman–Crippen LogP) is 1.49. The normalized spacial score (nSPS) is 11.9. The molecule has 0 aromatic carbocycles. The first-order valence-corrected chi connectivity index (χ1v) is 7.14. The average Bonchev–Trinajstić information content (AvgIpc) is 2.27. The fraction of sp³-hybridized carbons (Fsp3) is 0.818. The lowest BCUT2D eigenvalue weighted by atomic mass is 10.2. The van der Waals surface area contributed by atoms with Gasteiger partial charge in [0.15, 0.2) is 0 Å². The quantitative estimate of drug-likeness (QED) is 0.695. The molecule has 2 amide bonds. The molecule has 0 aliphatic carbocycles. The van der Waals surface area contributed by atoms with Gasteiger partial charge in [-0.2, -0.15) is 11.8 Å². The minimum atomic E-state index is -0.882. The Bertz CT molecular complexity index is 249. The second-order valence-electron chi connectivity index (χ2n) is 3.97. The van der Waals surface area contributed by atoms with Gasteiger partial charge in [0.1, 0.15) is 0 Å². The van der Waals surface area contributed by atoms with Gasteiger partial charge in [0.2, 0.25) is 0 Å². The van der Waals surface area contributed by atoms with Gasteiger partial charge in [-0.05, 0) is 24.9 Å². The van der Waals surface area contributed by atoms with Gasteiger partial charge in [-0.1, -0.05) is 6.92 Å². The molecule has 0 spiro atoms. The lowest BCUT2D eigenvalue weighted by Gasteiger charge is -2.21. The summed E-state index contributed by atoms with van der Waals surface area (Å²) in [4.78, 5) is 23.7. The van der Waals surface area contributed by atoms with Gasteiger partial charge in [0.05, 0.1) is 6.42 Å². The Labute approximate surface area is 107 Å². The number of thioether (sulfide) groups is 1. The van der Waals surface area contributed by atoms with Crippen LogP contribution in [-0.4, -0.2) is 53.6 Å². The highest BCUT2D eigenvalue weighted by atomic mass is 32.2. The highest BCUT2D eigenvalue weighted by molar-refractivity contribution is 7.98. The van der Waals surface area contributed by atoms with Crippen LogP contribution in [0, 0.1) is 5.92 Å². The van der Waals surface area contributed by atoms with Crippen molar-refractivity contribution >= 4 is 23.8 Å². The molecule has 0 rings (SSSR count). The Morgan fingerprint density at radius 1 is 1.47 bits per heavy atom. The molecule has 0 aliphatic rings. The summed E-state index contributed by atoms with van der Waals surface area (Å²) in [5, 5.41) is 11.4. The maximum absolute atomic E-state index is 11.7. The number of carbonyl (C=O) groups excluding carboxylic acids is 1. The third-order valence-corrected chi connectivity index (χ3v) is 3.22. The Kier molecular flexibility index (Phi) is 8.66. The van der Waals surface area contributed by atoms with Crippen molar-refractivity contribution in [3.63, 3.8) is 0 Å². The molecule has 17 heavy (non-hydrogen) atoms. The number of carboxylic acid groups (broad SMARTS) is 1. The molecule has 0 aliphatic heterocycles. The molecule has 0 heterocycles. The van der Waals surface area contributed by atoms with Crippen molar-refractivity contribution < 1.29 is 14.7 Å². The Morgan fingerprint density at radius 3 is 2.59 bits per heavy atom. The zero-order chi connectivity index (χ0) is 13.3. The number of nitrogens with one attached hydrogen (secondary N) is 1. The molecule has 0 radical (unpaired) electrons. The zero-order valence-corrected chi connectivity index (χ0v) is 11.5. The van der Waals surface area contributed by atoms with E-state index in [9.17, 15) is 9.59 Å². The van der Waals surface area contributed by atoms with Crippen LogP contribution in [0.4, 0.5) is 4.79 Å². The van der Waals surface area contributed by atoms with Gasteiger partial charge in [0, 0.05) is 19.6 Å². The molecule has 1 atom stereocenters. The maximum Gasteiger partial charge on any atom is 0.317 e. The Hall–Kier alpha value is -0.910. The van der Waals surface area contributed by atoms with Crippen LogP contribution in [0.1, 0.15) is 20.3 Å². The maximum atomic E-state index is 11.7. The van der Waals surface area contributed by atoms with Crippen LogP contribution in [0.3, 0.4) is 0 Å². The highest BCUT2D eigenvalue weighted by Crippen LogP contribution is 2.03. The first-order chi connectivity index (χ1) is 8.01. The average molecular weight is 262 g/mol. The van der Waals surface area contributed by atoms with Crippen molar-refractivity contribution in [2.45, 2.75) is 20.3 Å². The predicted molar refractivity (Wildman–Crippen MR) is 70.4 cm³/mol. The van der Waals surface area contributed by atoms with Crippen molar-refractivity contribution in [1.82, 2.24) is 10.2 Å². The van der Waals surface area contributed by atoms with Crippen LogP contribution >= 0.6 is 11.8 Å². The summed E-state index contributed by atoms with van der Waals surface area (Å²) in [6.07, 6.45) is 2.02. The SMILES string of the molecule is CCN(CCC(=O)O)C(=O)NCC(C)CSC. The van der Waals surface area contributed by atoms with E-state index in [0.717, 1.165) is 5.75 Å². The van der Waals surface area contributed by atoms with Gasteiger partial charge in [-0.25, -0.2) is 4.79 Å². The minimum absolute atomic E-state index is 0.0123. The molecule has 6 heteroatoms. The van der Waals surface area contributed by atoms with Gasteiger partial charge in [0.25, 0.3) is 0 Å². The van der Waals surface area contributed by atoms with E-state index in [0.29, 0.717) is 19.0 Å². The molecule has 0 bridgehead atoms. The molecule has 5 nitrogen and oxygen atoms in total. The van der Waals surface area contributed by atoms with Crippen molar-refractivity contribution in [2.24, 2.45) is 5.92 Å². The van der Waals surface area contributed by atoms with Crippen LogP contribution in [0.25, 0.3) is 0 Å². The molecular weight excluding hydrogens is 240 g/mol. The molecule has 1 unspecified atom stereocenters.